The summed E-state index contributed by atoms with van der Waals surface area (Å²) < 4.78 is 31.7. The molecule has 0 heterocycles. The molecule has 0 fully saturated rings. The number of likely N-dealkylation sites (N-methyl/N-ethyl adjacent to an activating group) is 1. The number of aliphatic carboxylic acids is 1. The van der Waals surface area contributed by atoms with E-state index in [0.717, 1.165) is 0 Å². The van der Waals surface area contributed by atoms with E-state index < -0.39 is 18.1 Å². The maximum absolute atomic E-state index is 10.6. The van der Waals surface area contributed by atoms with E-state index in [1.807, 2.05) is 0 Å². The summed E-state index contributed by atoms with van der Waals surface area (Å²) in [6, 6.07) is 0. The van der Waals surface area contributed by atoms with E-state index in [0.29, 0.717) is 0 Å². The average Bonchev–Trinajstić information content (AvgIpc) is 2.04. The minimum atomic E-state index is -5.08. The highest BCUT2D eigenvalue weighted by molar-refractivity contribution is 5.76. The van der Waals surface area contributed by atoms with Crippen molar-refractivity contribution < 1.29 is 33.1 Å². The lowest BCUT2D eigenvalue weighted by atomic mass is 10.6. The third kappa shape index (κ3) is 10.7. The molecule has 0 bridgehead atoms. The summed E-state index contributed by atoms with van der Waals surface area (Å²) in [7, 11) is 1.62. The third-order valence-corrected chi connectivity index (χ3v) is 0.705. The van der Waals surface area contributed by atoms with E-state index in [2.05, 4.69) is 5.32 Å². The Morgan fingerprint density at radius 2 is 1.71 bits per heavy atom. The first-order valence-corrected chi connectivity index (χ1v) is 3.13. The second kappa shape index (κ2) is 7.09. The molecule has 9 heteroatoms. The van der Waals surface area contributed by atoms with E-state index in [1.54, 1.807) is 7.05 Å². The number of carbonyl (C=O) groups excluding carboxylic acids is 1. The monoisotopic (exact) mass is 218 g/mol. The number of amides is 1. The van der Waals surface area contributed by atoms with E-state index >= 15 is 0 Å². The first-order valence-electron chi connectivity index (χ1n) is 3.13. The van der Waals surface area contributed by atoms with Crippen LogP contribution in [-0.4, -0.2) is 42.0 Å². The predicted molar refractivity (Wildman–Crippen MR) is 37.5 cm³/mol. The van der Waals surface area contributed by atoms with Crippen molar-refractivity contribution in [3.05, 3.63) is 0 Å². The number of hydrogen-bond acceptors (Lipinski definition) is 4. The van der Waals surface area contributed by atoms with Crippen LogP contribution in [0.1, 0.15) is 0 Å². The summed E-state index contributed by atoms with van der Waals surface area (Å²) in [5.74, 6) is -3.19. The number of carboxylic acid groups (broad SMARTS) is 1. The molecule has 0 atom stereocenters. The summed E-state index contributed by atoms with van der Waals surface area (Å²) in [4.78, 5) is 18.9. The maximum atomic E-state index is 10.6. The second-order valence-electron chi connectivity index (χ2n) is 1.87. The van der Waals surface area contributed by atoms with Gasteiger partial charge in [-0.25, -0.2) is 10.3 Å². The Morgan fingerprint density at radius 3 is 1.79 bits per heavy atom. The number of halogens is 3. The quantitative estimate of drug-likeness (QED) is 0.364. The summed E-state index contributed by atoms with van der Waals surface area (Å²) in [5, 5.41) is 17.5. The number of hydroxylamine groups is 1. The normalized spacial score (nSPS) is 9.79. The average molecular weight is 218 g/mol. The highest BCUT2D eigenvalue weighted by Gasteiger charge is 2.38. The highest BCUT2D eigenvalue weighted by Crippen LogP contribution is 2.13. The molecule has 14 heavy (non-hydrogen) atoms. The van der Waals surface area contributed by atoms with Crippen molar-refractivity contribution >= 4 is 11.9 Å². The van der Waals surface area contributed by atoms with E-state index in [9.17, 15) is 18.0 Å². The minimum Gasteiger partial charge on any atom is -0.475 e. The first kappa shape index (κ1) is 15.1. The third-order valence-electron chi connectivity index (χ3n) is 0.705. The summed E-state index contributed by atoms with van der Waals surface area (Å²) in [6.45, 7) is 0.149. The zero-order valence-electron chi connectivity index (χ0n) is 7.05. The van der Waals surface area contributed by atoms with Crippen LogP contribution < -0.4 is 10.8 Å². The topological polar surface area (TPSA) is 98.7 Å². The van der Waals surface area contributed by atoms with Gasteiger partial charge in [0.15, 0.2) is 0 Å². The molecule has 0 rings (SSSR count). The van der Waals surface area contributed by atoms with E-state index in [-0.39, 0.29) is 6.54 Å². The van der Waals surface area contributed by atoms with Crippen molar-refractivity contribution in [1.29, 1.82) is 0 Å². The number of alkyl halides is 3. The molecule has 0 saturated heterocycles. The number of carboxylic acids is 1. The van der Waals surface area contributed by atoms with Crippen LogP contribution in [-0.2, 0) is 9.59 Å². The molecule has 0 aromatic carbocycles. The molecule has 0 spiro atoms. The lowest BCUT2D eigenvalue weighted by molar-refractivity contribution is -0.192. The fraction of sp³-hybridized carbons (Fsp3) is 0.600. The molecule has 1 amide bonds. The molecule has 0 unspecified atom stereocenters. The first-order chi connectivity index (χ1) is 6.25. The molecule has 6 nitrogen and oxygen atoms in total. The summed E-state index contributed by atoms with van der Waals surface area (Å²) in [5.41, 5.74) is 1.46. The van der Waals surface area contributed by atoms with Gasteiger partial charge in [-0.05, 0) is 7.05 Å². The van der Waals surface area contributed by atoms with Crippen molar-refractivity contribution in [3.8, 4) is 0 Å². The molecule has 0 aliphatic heterocycles. The maximum Gasteiger partial charge on any atom is 0.490 e. The van der Waals surface area contributed by atoms with Gasteiger partial charge in [-0.1, -0.05) is 0 Å². The zero-order valence-corrected chi connectivity index (χ0v) is 7.05. The SMILES string of the molecule is CNCC(=O)NO.O=C(O)C(F)(F)F. The van der Waals surface area contributed by atoms with Crippen molar-refractivity contribution in [3.63, 3.8) is 0 Å². The fourth-order valence-corrected chi connectivity index (χ4v) is 0.200. The van der Waals surface area contributed by atoms with Crippen LogP contribution in [0.25, 0.3) is 0 Å². The van der Waals surface area contributed by atoms with Crippen molar-refractivity contribution in [2.75, 3.05) is 13.6 Å². The van der Waals surface area contributed by atoms with E-state index in [4.69, 9.17) is 15.1 Å². The fourth-order valence-electron chi connectivity index (χ4n) is 0.200. The molecule has 84 valence electrons. The number of nitrogens with one attached hydrogen (secondary N) is 2. The Hall–Kier alpha value is -1.35. The van der Waals surface area contributed by atoms with Crippen LogP contribution in [0.4, 0.5) is 13.2 Å². The van der Waals surface area contributed by atoms with Crippen LogP contribution in [0.5, 0.6) is 0 Å². The molecule has 0 aromatic rings. The van der Waals surface area contributed by atoms with Gasteiger partial charge < -0.3 is 10.4 Å². The van der Waals surface area contributed by atoms with Crippen LogP contribution in [0.3, 0.4) is 0 Å². The van der Waals surface area contributed by atoms with Gasteiger partial charge in [0.05, 0.1) is 6.54 Å². The molecule has 0 aliphatic carbocycles. The van der Waals surface area contributed by atoms with Gasteiger partial charge in [0.25, 0.3) is 5.91 Å². The lowest BCUT2D eigenvalue weighted by Gasteiger charge is -1.93. The number of carbonyl (C=O) groups is 2. The van der Waals surface area contributed by atoms with Crippen molar-refractivity contribution in [1.82, 2.24) is 10.8 Å². The van der Waals surface area contributed by atoms with Crippen molar-refractivity contribution in [2.45, 2.75) is 6.18 Å². The van der Waals surface area contributed by atoms with Crippen LogP contribution in [0, 0.1) is 0 Å². The molecule has 0 saturated carbocycles. The van der Waals surface area contributed by atoms with Gasteiger partial charge in [0.2, 0.25) is 0 Å². The predicted octanol–water partition coefficient (Wildman–Crippen LogP) is -0.656. The Labute approximate surface area is 76.7 Å². The Bertz CT molecular complexity index is 194. The highest BCUT2D eigenvalue weighted by atomic mass is 19.4. The zero-order chi connectivity index (χ0) is 11.8. The lowest BCUT2D eigenvalue weighted by Crippen LogP contribution is -2.29. The van der Waals surface area contributed by atoms with Gasteiger partial charge in [-0.15, -0.1) is 0 Å². The second-order valence-corrected chi connectivity index (χ2v) is 1.87. The van der Waals surface area contributed by atoms with Gasteiger partial charge in [-0.2, -0.15) is 13.2 Å². The Balaban J connectivity index is 0. The van der Waals surface area contributed by atoms with Crippen LogP contribution in [0.2, 0.25) is 0 Å². The van der Waals surface area contributed by atoms with Gasteiger partial charge in [0, 0.05) is 0 Å². The van der Waals surface area contributed by atoms with Crippen LogP contribution in [0.15, 0.2) is 0 Å². The van der Waals surface area contributed by atoms with Crippen molar-refractivity contribution in [2.24, 2.45) is 0 Å². The smallest absolute Gasteiger partial charge is 0.475 e. The van der Waals surface area contributed by atoms with E-state index in [1.165, 1.54) is 5.48 Å². The van der Waals surface area contributed by atoms with Gasteiger partial charge in [-0.3, -0.25) is 10.0 Å². The standard InChI is InChI=1S/C3H8N2O2.C2HF3O2/c1-4-2-3(6)5-7;3-2(4,5)1(6)7/h4,7H,2H2,1H3,(H,5,6);(H,6,7). The number of rotatable bonds is 2. The summed E-state index contributed by atoms with van der Waals surface area (Å²) >= 11 is 0. The Morgan fingerprint density at radius 1 is 1.36 bits per heavy atom. The van der Waals surface area contributed by atoms with Crippen LogP contribution >= 0.6 is 0 Å². The number of hydrogen-bond donors (Lipinski definition) is 4. The largest absolute Gasteiger partial charge is 0.490 e. The van der Waals surface area contributed by atoms with Gasteiger partial charge >= 0.3 is 12.1 Å². The Kier molecular flexibility index (Phi) is 7.67. The summed E-state index contributed by atoms with van der Waals surface area (Å²) in [6.07, 6.45) is -5.08. The molecular weight excluding hydrogens is 209 g/mol. The molecule has 4 N–H and O–H groups in total. The minimum absolute atomic E-state index is 0.149. The molecular formula is C5H9F3N2O4. The van der Waals surface area contributed by atoms with Gasteiger partial charge in [0.1, 0.15) is 0 Å². The molecule has 0 radical (unpaired) electrons. The molecule has 0 aromatic heterocycles. The molecule has 0 aliphatic rings.